The maximum absolute atomic E-state index is 13.2. The van der Waals surface area contributed by atoms with Gasteiger partial charge in [0, 0.05) is 19.0 Å². The van der Waals surface area contributed by atoms with Gasteiger partial charge in [0.25, 0.3) is 0 Å². The van der Waals surface area contributed by atoms with Gasteiger partial charge >= 0.3 is 0 Å². The van der Waals surface area contributed by atoms with Crippen molar-refractivity contribution in [2.75, 3.05) is 11.9 Å². The Morgan fingerprint density at radius 2 is 1.89 bits per heavy atom. The van der Waals surface area contributed by atoms with Gasteiger partial charge in [-0.05, 0) is 26.0 Å². The summed E-state index contributed by atoms with van der Waals surface area (Å²) in [6, 6.07) is 1.95. The van der Waals surface area contributed by atoms with Gasteiger partial charge in [-0.2, -0.15) is 0 Å². The van der Waals surface area contributed by atoms with Crippen LogP contribution in [0.4, 0.5) is 18.9 Å². The predicted octanol–water partition coefficient (Wildman–Crippen LogP) is 2.43. The lowest BCUT2D eigenvalue weighted by Crippen LogP contribution is -2.31. The van der Waals surface area contributed by atoms with Crippen LogP contribution in [0.3, 0.4) is 0 Å². The topological polar surface area (TPSA) is 41.1 Å². The molecule has 1 aromatic carbocycles. The molecule has 100 valence electrons. The third-order valence-corrected chi connectivity index (χ3v) is 2.15. The first kappa shape index (κ1) is 14.3. The van der Waals surface area contributed by atoms with Crippen LogP contribution in [0.2, 0.25) is 0 Å². The molecule has 0 unspecified atom stereocenters. The largest absolute Gasteiger partial charge is 0.382 e. The molecule has 1 aromatic rings. The second-order valence-electron chi connectivity index (χ2n) is 4.12. The van der Waals surface area contributed by atoms with Crippen molar-refractivity contribution in [1.82, 2.24) is 5.32 Å². The number of anilines is 1. The van der Waals surface area contributed by atoms with E-state index >= 15 is 0 Å². The van der Waals surface area contributed by atoms with Crippen molar-refractivity contribution >= 4 is 11.6 Å². The number of amides is 1. The van der Waals surface area contributed by atoms with Gasteiger partial charge in [0.2, 0.25) is 5.91 Å². The fourth-order valence-corrected chi connectivity index (χ4v) is 1.37. The van der Waals surface area contributed by atoms with Crippen molar-refractivity contribution in [2.45, 2.75) is 26.3 Å². The Morgan fingerprint density at radius 3 is 2.50 bits per heavy atom. The Bertz CT molecular complexity index is 436. The Labute approximate surface area is 103 Å². The van der Waals surface area contributed by atoms with Crippen LogP contribution in [-0.4, -0.2) is 18.5 Å². The third-order valence-electron chi connectivity index (χ3n) is 2.15. The molecule has 1 rings (SSSR count). The zero-order valence-electron chi connectivity index (χ0n) is 10.2. The van der Waals surface area contributed by atoms with E-state index in [2.05, 4.69) is 10.6 Å². The van der Waals surface area contributed by atoms with E-state index in [4.69, 9.17) is 0 Å². The standard InChI is InChI=1S/C12H15F3N2O/c1-7(2)17-10(18)5-6-16-9-4-3-8(13)11(14)12(9)15/h3-4,7,16H,5-6H2,1-2H3,(H,17,18). The molecule has 0 bridgehead atoms. The number of nitrogens with one attached hydrogen (secondary N) is 2. The van der Waals surface area contributed by atoms with Crippen molar-refractivity contribution in [3.05, 3.63) is 29.6 Å². The Hall–Kier alpha value is -1.72. The molecule has 0 aliphatic rings. The van der Waals surface area contributed by atoms with E-state index in [1.807, 2.05) is 13.8 Å². The number of carbonyl (C=O) groups is 1. The zero-order valence-corrected chi connectivity index (χ0v) is 10.2. The number of halogens is 3. The van der Waals surface area contributed by atoms with Crippen molar-refractivity contribution in [1.29, 1.82) is 0 Å². The van der Waals surface area contributed by atoms with Crippen LogP contribution in [0.5, 0.6) is 0 Å². The second-order valence-corrected chi connectivity index (χ2v) is 4.12. The summed E-state index contributed by atoms with van der Waals surface area (Å²) in [5.74, 6) is -4.23. The Balaban J connectivity index is 2.50. The Morgan fingerprint density at radius 1 is 1.22 bits per heavy atom. The van der Waals surface area contributed by atoms with Crippen LogP contribution < -0.4 is 10.6 Å². The van der Waals surface area contributed by atoms with Gasteiger partial charge < -0.3 is 10.6 Å². The van der Waals surface area contributed by atoms with Crippen molar-refractivity contribution in [2.24, 2.45) is 0 Å². The van der Waals surface area contributed by atoms with E-state index in [0.717, 1.165) is 12.1 Å². The molecule has 6 heteroatoms. The van der Waals surface area contributed by atoms with Gasteiger partial charge in [-0.25, -0.2) is 13.2 Å². The van der Waals surface area contributed by atoms with Crippen LogP contribution in [0, 0.1) is 17.5 Å². The average molecular weight is 260 g/mol. The highest BCUT2D eigenvalue weighted by Gasteiger charge is 2.13. The fourth-order valence-electron chi connectivity index (χ4n) is 1.37. The maximum Gasteiger partial charge on any atom is 0.221 e. The van der Waals surface area contributed by atoms with E-state index in [-0.39, 0.29) is 30.6 Å². The van der Waals surface area contributed by atoms with Gasteiger partial charge in [-0.15, -0.1) is 0 Å². The number of hydrogen-bond acceptors (Lipinski definition) is 2. The highest BCUT2D eigenvalue weighted by Crippen LogP contribution is 2.19. The van der Waals surface area contributed by atoms with Gasteiger partial charge in [0.05, 0.1) is 5.69 Å². The molecule has 0 radical (unpaired) electrons. The van der Waals surface area contributed by atoms with Crippen LogP contribution in [-0.2, 0) is 4.79 Å². The summed E-state index contributed by atoms with van der Waals surface area (Å²) in [6.45, 7) is 3.78. The number of carbonyl (C=O) groups excluding carboxylic acids is 1. The molecule has 0 heterocycles. The molecule has 0 fully saturated rings. The molecule has 0 saturated carbocycles. The van der Waals surface area contributed by atoms with Crippen molar-refractivity contribution in [3.8, 4) is 0 Å². The fraction of sp³-hybridized carbons (Fsp3) is 0.417. The molecule has 0 atom stereocenters. The van der Waals surface area contributed by atoms with Gasteiger partial charge in [0.15, 0.2) is 17.5 Å². The summed E-state index contributed by atoms with van der Waals surface area (Å²) in [6.07, 6.45) is 0.122. The van der Waals surface area contributed by atoms with E-state index in [1.165, 1.54) is 0 Å². The van der Waals surface area contributed by atoms with E-state index in [1.54, 1.807) is 0 Å². The van der Waals surface area contributed by atoms with Crippen LogP contribution in [0.1, 0.15) is 20.3 Å². The molecule has 0 aliphatic heterocycles. The van der Waals surface area contributed by atoms with E-state index in [9.17, 15) is 18.0 Å². The number of rotatable bonds is 5. The van der Waals surface area contributed by atoms with Gasteiger partial charge in [-0.1, -0.05) is 0 Å². The lowest BCUT2D eigenvalue weighted by atomic mass is 10.2. The van der Waals surface area contributed by atoms with Crippen LogP contribution in [0.15, 0.2) is 12.1 Å². The van der Waals surface area contributed by atoms with E-state index < -0.39 is 17.5 Å². The average Bonchev–Trinajstić information content (AvgIpc) is 2.28. The molecule has 0 aliphatic carbocycles. The molecule has 0 saturated heterocycles. The zero-order chi connectivity index (χ0) is 13.7. The first-order chi connectivity index (χ1) is 8.41. The highest BCUT2D eigenvalue weighted by molar-refractivity contribution is 5.76. The predicted molar refractivity (Wildman–Crippen MR) is 62.7 cm³/mol. The molecule has 2 N–H and O–H groups in total. The number of benzene rings is 1. The molecule has 0 spiro atoms. The summed E-state index contributed by atoms with van der Waals surface area (Å²) < 4.78 is 38.7. The first-order valence-corrected chi connectivity index (χ1v) is 5.58. The molecule has 18 heavy (non-hydrogen) atoms. The van der Waals surface area contributed by atoms with Crippen molar-refractivity contribution < 1.29 is 18.0 Å². The van der Waals surface area contributed by atoms with Crippen molar-refractivity contribution in [3.63, 3.8) is 0 Å². The highest BCUT2D eigenvalue weighted by atomic mass is 19.2. The van der Waals surface area contributed by atoms with E-state index in [0.29, 0.717) is 0 Å². The summed E-state index contributed by atoms with van der Waals surface area (Å²) in [7, 11) is 0. The molecule has 1 amide bonds. The minimum Gasteiger partial charge on any atom is -0.382 e. The van der Waals surface area contributed by atoms with Gasteiger partial charge in [0.1, 0.15) is 0 Å². The molecular weight excluding hydrogens is 245 g/mol. The Kier molecular flexibility index (Phi) is 5.00. The summed E-state index contributed by atoms with van der Waals surface area (Å²) in [4.78, 5) is 11.3. The first-order valence-electron chi connectivity index (χ1n) is 5.58. The quantitative estimate of drug-likeness (QED) is 0.798. The van der Waals surface area contributed by atoms with Crippen LogP contribution >= 0.6 is 0 Å². The maximum atomic E-state index is 13.2. The van der Waals surface area contributed by atoms with Gasteiger partial charge in [-0.3, -0.25) is 4.79 Å². The SMILES string of the molecule is CC(C)NC(=O)CCNc1ccc(F)c(F)c1F. The lowest BCUT2D eigenvalue weighted by molar-refractivity contribution is -0.121. The minimum absolute atomic E-state index is 0.0255. The molecular formula is C12H15F3N2O. The summed E-state index contributed by atoms with van der Waals surface area (Å²) in [5, 5.41) is 5.20. The minimum atomic E-state index is -1.52. The molecule has 3 nitrogen and oxygen atoms in total. The normalized spacial score (nSPS) is 10.6. The third kappa shape index (κ3) is 3.94. The number of hydrogen-bond donors (Lipinski definition) is 2. The monoisotopic (exact) mass is 260 g/mol. The lowest BCUT2D eigenvalue weighted by Gasteiger charge is -2.10. The summed E-state index contributed by atoms with van der Waals surface area (Å²) in [5.41, 5.74) is -0.161. The second kappa shape index (κ2) is 6.28. The summed E-state index contributed by atoms with van der Waals surface area (Å²) >= 11 is 0. The molecule has 0 aromatic heterocycles. The van der Waals surface area contributed by atoms with Crippen LogP contribution in [0.25, 0.3) is 0 Å². The smallest absolute Gasteiger partial charge is 0.221 e.